The van der Waals surface area contributed by atoms with E-state index in [1.165, 1.54) is 18.2 Å². The van der Waals surface area contributed by atoms with Crippen molar-refractivity contribution in [1.82, 2.24) is 15.5 Å². The van der Waals surface area contributed by atoms with Crippen LogP contribution in [0.25, 0.3) is 17.0 Å². The molecule has 1 amide bonds. The summed E-state index contributed by atoms with van der Waals surface area (Å²) in [6.07, 6.45) is 1.38. The van der Waals surface area contributed by atoms with Gasteiger partial charge in [-0.05, 0) is 24.4 Å². The summed E-state index contributed by atoms with van der Waals surface area (Å²) in [7, 11) is 0. The number of fused-ring (bicyclic) bond motifs is 1. The molecule has 1 aliphatic rings. The molecule has 3 rings (SSSR count). The Bertz CT molecular complexity index is 1380. The van der Waals surface area contributed by atoms with Crippen molar-refractivity contribution in [1.29, 1.82) is 0 Å². The Morgan fingerprint density at radius 2 is 1.40 bits per heavy atom. The number of hydrogen-bond donors (Lipinski definition) is 2. The summed E-state index contributed by atoms with van der Waals surface area (Å²) in [4.78, 5) is 58.1. The van der Waals surface area contributed by atoms with Crippen LogP contribution in [-0.4, -0.2) is 92.3 Å². The van der Waals surface area contributed by atoms with Crippen LogP contribution in [0, 0.1) is 0 Å². The van der Waals surface area contributed by atoms with E-state index in [2.05, 4.69) is 10.6 Å². The fourth-order valence-corrected chi connectivity index (χ4v) is 3.96. The molecule has 0 atom stereocenters. The first-order chi connectivity index (χ1) is 19.4. The van der Waals surface area contributed by atoms with Crippen LogP contribution in [0.4, 0.5) is 5.69 Å². The zero-order valence-corrected chi connectivity index (χ0v) is 38.5. The molecule has 0 spiro atoms. The summed E-state index contributed by atoms with van der Waals surface area (Å²) >= 11 is 4.89. The zero-order valence-electron chi connectivity index (χ0n) is 25.2. The van der Waals surface area contributed by atoms with Crippen LogP contribution in [0.2, 0.25) is 0 Å². The van der Waals surface area contributed by atoms with Gasteiger partial charge in [0.1, 0.15) is 29.4 Å². The van der Waals surface area contributed by atoms with Gasteiger partial charge < -0.3 is 63.7 Å². The van der Waals surface area contributed by atoms with Crippen molar-refractivity contribution < 1.29 is 264 Å². The number of nitrogens with one attached hydrogen (secondary N) is 2. The summed E-state index contributed by atoms with van der Waals surface area (Å²) < 4.78 is 16.8. The zero-order chi connectivity index (χ0) is 30.1. The van der Waals surface area contributed by atoms with E-state index in [9.17, 15) is 44.4 Å². The summed E-state index contributed by atoms with van der Waals surface area (Å²) in [5.41, 5.74) is 0.349. The van der Waals surface area contributed by atoms with Crippen LogP contribution in [0.5, 0.6) is 5.75 Å². The number of hydrogen-bond acceptors (Lipinski definition) is 15. The molecule has 2 aromatic rings. The van der Waals surface area contributed by atoms with Crippen LogP contribution in [0.15, 0.2) is 28.3 Å². The summed E-state index contributed by atoms with van der Waals surface area (Å²) in [5.74, 6) is -6.29. The number of amides is 1. The Balaban J connectivity index is 0. The summed E-state index contributed by atoms with van der Waals surface area (Å²) in [6, 6.07) is 4.36. The van der Waals surface area contributed by atoms with Gasteiger partial charge in [0.2, 0.25) is 0 Å². The average Bonchev–Trinajstić information content (AvgIpc) is 3.39. The number of carbonyl (C=O) groups is 5. The van der Waals surface area contributed by atoms with E-state index in [1.54, 1.807) is 6.07 Å². The molecule has 0 saturated carbocycles. The second-order valence-electron chi connectivity index (χ2n) is 8.49. The van der Waals surface area contributed by atoms with E-state index in [0.717, 1.165) is 9.80 Å². The van der Waals surface area contributed by atoms with Crippen molar-refractivity contribution in [3.8, 4) is 5.75 Å². The van der Waals surface area contributed by atoms with E-state index in [1.807, 2.05) is 0 Å². The minimum atomic E-state index is -1.57. The Labute approximate surface area is 432 Å². The average molecular weight is 747 g/mol. The quantitative estimate of drug-likeness (QED) is 0.0661. The smallest absolute Gasteiger partial charge is 0.549 e. The van der Waals surface area contributed by atoms with Gasteiger partial charge in [-0.1, -0.05) is 0 Å². The van der Waals surface area contributed by atoms with E-state index in [-0.39, 0.29) is 265 Å². The first-order valence-corrected chi connectivity index (χ1v) is 12.2. The van der Waals surface area contributed by atoms with E-state index in [0.29, 0.717) is 5.39 Å². The molecule has 21 heteroatoms. The molecule has 1 aromatic carbocycles. The van der Waals surface area contributed by atoms with Crippen LogP contribution >= 0.6 is 12.2 Å². The fraction of sp³-hybridized carbons (Fsp3) is 0.333. The van der Waals surface area contributed by atoms with E-state index >= 15 is 0 Å². The van der Waals surface area contributed by atoms with Gasteiger partial charge in [-0.2, -0.15) is 0 Å². The van der Waals surface area contributed by atoms with Crippen molar-refractivity contribution in [3.63, 3.8) is 0 Å². The maximum absolute atomic E-state index is 11.9. The molecule has 1 fully saturated rings. The minimum Gasteiger partial charge on any atom is -0.549 e. The fourth-order valence-electron chi connectivity index (χ4n) is 3.76. The van der Waals surface area contributed by atoms with Crippen molar-refractivity contribution in [3.05, 3.63) is 29.7 Å². The topological polar surface area (TPSA) is 240 Å². The SMILES string of the molecule is O=C([O-])CN(CCOCCOc1cc2cc(C=C3NC(=S)NC3=O)oc2cc1N(CC(=O)[O-])CC(=O)[O-])CC(=O)[O-].[K+].[K+].[K+].[K+]. The van der Waals surface area contributed by atoms with E-state index in [4.69, 9.17) is 26.1 Å². The van der Waals surface area contributed by atoms with E-state index < -0.39 is 56.0 Å². The molecular weight excluding hydrogens is 725 g/mol. The Hall–Kier alpha value is 1.81. The number of anilines is 1. The first kappa shape index (κ1) is 48.9. The van der Waals surface area contributed by atoms with Gasteiger partial charge >= 0.3 is 206 Å². The van der Waals surface area contributed by atoms with Crippen molar-refractivity contribution >= 4 is 69.8 Å². The second-order valence-corrected chi connectivity index (χ2v) is 8.90. The van der Waals surface area contributed by atoms with Crippen molar-refractivity contribution in [2.45, 2.75) is 0 Å². The molecule has 45 heavy (non-hydrogen) atoms. The molecule has 0 bridgehead atoms. The molecule has 1 aromatic heterocycles. The number of aliphatic carboxylic acids is 4. The number of nitrogens with zero attached hydrogens (tertiary/aromatic N) is 2. The number of carboxylic acid groups (broad SMARTS) is 4. The standard InChI is InChI=1S/C24H26N4O12S.4K/c29-19(30)9-27(10-20(31)32)1-2-38-3-4-39-18-6-13-5-14(7-15-23(37)26-24(41)25-15)40-17(13)8-16(18)28(11-21(33)34)12-22(35)36;;;;/h5-8H,1-4,9-12H2,(H,29,30)(H,31,32)(H,33,34)(H,35,36)(H2,25,26,37,41);;;;/q;4*+1/p-4. The van der Waals surface area contributed by atoms with Gasteiger partial charge in [-0.25, -0.2) is 0 Å². The van der Waals surface area contributed by atoms with Gasteiger partial charge in [0, 0.05) is 37.2 Å². The number of furan rings is 1. The Morgan fingerprint density at radius 1 is 0.822 bits per heavy atom. The number of thiocarbonyl (C=S) groups is 1. The molecule has 0 radical (unpaired) electrons. The van der Waals surface area contributed by atoms with Gasteiger partial charge in [-0.15, -0.1) is 0 Å². The Kier molecular flexibility index (Phi) is 27.0. The third-order valence-electron chi connectivity index (χ3n) is 5.35. The van der Waals surface area contributed by atoms with Gasteiger partial charge in [-0.3, -0.25) is 15.0 Å². The third-order valence-corrected chi connectivity index (χ3v) is 5.55. The molecule has 0 unspecified atom stereocenters. The normalized spacial score (nSPS) is 12.6. The number of carboxylic acids is 4. The van der Waals surface area contributed by atoms with Crippen LogP contribution in [0.1, 0.15) is 5.76 Å². The maximum atomic E-state index is 11.9. The number of carbonyl (C=O) groups excluding carboxylic acids is 5. The molecule has 1 saturated heterocycles. The van der Waals surface area contributed by atoms with Crippen LogP contribution in [0.3, 0.4) is 0 Å². The third kappa shape index (κ3) is 17.5. The molecular formula is C24H22K4N4O12S. The van der Waals surface area contributed by atoms with Crippen molar-refractivity contribution in [2.75, 3.05) is 57.4 Å². The number of benzene rings is 1. The number of rotatable bonds is 17. The van der Waals surface area contributed by atoms with Crippen molar-refractivity contribution in [2.24, 2.45) is 0 Å². The molecule has 2 N–H and O–H groups in total. The first-order valence-electron chi connectivity index (χ1n) is 11.8. The number of ether oxygens (including phenoxy) is 2. The monoisotopic (exact) mass is 746 g/mol. The van der Waals surface area contributed by atoms with Crippen LogP contribution < -0.4 is 246 Å². The Morgan fingerprint density at radius 3 is 1.91 bits per heavy atom. The minimum absolute atomic E-state index is 0. The molecule has 0 aliphatic carbocycles. The predicted octanol–water partition coefficient (Wildman–Crippen LogP) is -17.7. The summed E-state index contributed by atoms with van der Waals surface area (Å²) in [6.45, 7) is -3.23. The van der Waals surface area contributed by atoms with Gasteiger partial charge in [0.25, 0.3) is 5.91 Å². The molecule has 2 heterocycles. The summed E-state index contributed by atoms with van der Waals surface area (Å²) in [5, 5.41) is 49.8. The largest absolute Gasteiger partial charge is 1.00 e. The molecule has 220 valence electrons. The predicted molar refractivity (Wildman–Crippen MR) is 133 cm³/mol. The van der Waals surface area contributed by atoms with Gasteiger partial charge in [0.15, 0.2) is 5.11 Å². The molecule has 1 aliphatic heterocycles. The maximum Gasteiger partial charge on any atom is 1.00 e. The van der Waals surface area contributed by atoms with Gasteiger partial charge in [0.05, 0.1) is 55.9 Å². The van der Waals surface area contributed by atoms with Crippen LogP contribution in [-0.2, 0) is 28.7 Å². The second kappa shape index (κ2) is 24.9. The molecule has 16 nitrogen and oxygen atoms in total.